The van der Waals surface area contributed by atoms with Crippen molar-refractivity contribution in [2.75, 3.05) is 13.2 Å². The number of aromatic nitrogens is 8. The molecule has 2 amide bonds. The van der Waals surface area contributed by atoms with Crippen molar-refractivity contribution in [1.29, 1.82) is 0 Å². The SMILES string of the molecule is C.CC(c1ccccc1)(c1ccccc1)c1ccccc1.O=C(N[C@@H](Cc1nn[nH]n1)C(=O)O)OCC1c2ccccc2-c2ccccc21.O=C(N[C@@H](Cc1nn[nH]n1)C(=O)O)OCC1c2ccccc2-c2ccccc21. The third kappa shape index (κ3) is 12.4. The molecule has 18 heteroatoms. The van der Waals surface area contributed by atoms with E-state index in [2.05, 4.69) is 150 Å². The molecular weight excluding hydrogens is 977 g/mol. The Bertz CT molecular complexity index is 3030. The van der Waals surface area contributed by atoms with Crippen LogP contribution in [-0.4, -0.2) is 101 Å². The zero-order valence-corrected chi connectivity index (χ0v) is 41.1. The molecule has 0 fully saturated rings. The fourth-order valence-electron chi connectivity index (χ4n) is 9.68. The van der Waals surface area contributed by atoms with Crippen LogP contribution in [0.4, 0.5) is 9.59 Å². The van der Waals surface area contributed by atoms with Gasteiger partial charge in [-0.3, -0.25) is 0 Å². The molecule has 77 heavy (non-hydrogen) atoms. The first kappa shape index (κ1) is 53.5. The van der Waals surface area contributed by atoms with Crippen LogP contribution in [0.2, 0.25) is 0 Å². The van der Waals surface area contributed by atoms with Gasteiger partial charge in [-0.2, -0.15) is 10.4 Å². The summed E-state index contributed by atoms with van der Waals surface area (Å²) >= 11 is 0. The number of amides is 2. The van der Waals surface area contributed by atoms with Crippen LogP contribution in [0.5, 0.6) is 0 Å². The highest BCUT2D eigenvalue weighted by molar-refractivity contribution is 5.82. The van der Waals surface area contributed by atoms with Gasteiger partial charge in [-0.1, -0.05) is 206 Å². The number of fused-ring (bicyclic) bond motifs is 6. The minimum Gasteiger partial charge on any atom is -0.480 e. The molecule has 2 heterocycles. The van der Waals surface area contributed by atoms with Crippen molar-refractivity contribution in [2.45, 2.75) is 56.5 Å². The van der Waals surface area contributed by atoms with E-state index >= 15 is 0 Å². The Hall–Kier alpha value is -9.84. The van der Waals surface area contributed by atoms with Crippen molar-refractivity contribution >= 4 is 24.1 Å². The Kier molecular flexibility index (Phi) is 17.3. The smallest absolute Gasteiger partial charge is 0.407 e. The fourth-order valence-corrected chi connectivity index (χ4v) is 9.68. The van der Waals surface area contributed by atoms with E-state index in [9.17, 15) is 29.4 Å². The third-order valence-corrected chi connectivity index (χ3v) is 13.5. The lowest BCUT2D eigenvalue weighted by atomic mass is 9.71. The third-order valence-electron chi connectivity index (χ3n) is 13.5. The van der Waals surface area contributed by atoms with Gasteiger partial charge in [0, 0.05) is 30.1 Å². The molecule has 2 aliphatic carbocycles. The van der Waals surface area contributed by atoms with Gasteiger partial charge in [0.2, 0.25) is 0 Å². The van der Waals surface area contributed by atoms with Crippen LogP contribution in [0.1, 0.15) is 76.8 Å². The summed E-state index contributed by atoms with van der Waals surface area (Å²) in [7, 11) is 0. The summed E-state index contributed by atoms with van der Waals surface area (Å²) in [5, 5.41) is 49.3. The summed E-state index contributed by atoms with van der Waals surface area (Å²) < 4.78 is 10.7. The van der Waals surface area contributed by atoms with Crippen LogP contribution in [0.15, 0.2) is 188 Å². The number of tetrazole rings is 2. The summed E-state index contributed by atoms with van der Waals surface area (Å²) in [6, 6.07) is 61.6. The Labute approximate surface area is 443 Å². The molecule has 0 spiro atoms. The first-order valence-corrected chi connectivity index (χ1v) is 24.4. The Balaban J connectivity index is 0.000000154. The Morgan fingerprint density at radius 3 is 1.04 bits per heavy atom. The number of ether oxygens (including phenoxy) is 2. The molecule has 6 N–H and O–H groups in total. The van der Waals surface area contributed by atoms with Crippen LogP contribution < -0.4 is 10.6 Å². The predicted molar refractivity (Wildman–Crippen MR) is 287 cm³/mol. The molecule has 9 aromatic rings. The zero-order valence-electron chi connectivity index (χ0n) is 41.1. The lowest BCUT2D eigenvalue weighted by Gasteiger charge is -2.31. The van der Waals surface area contributed by atoms with Gasteiger partial charge in [-0.05, 0) is 68.1 Å². The number of carbonyl (C=O) groups is 4. The molecule has 0 bridgehead atoms. The molecule has 7 aromatic carbocycles. The number of hydrogen-bond donors (Lipinski definition) is 6. The standard InChI is InChI=1S/C20H18.2C19H17N5O4.CH4/c1-20(17-11-5-2-6-12-17,18-13-7-3-8-14-18)19-15-9-4-10-16-19;2*25-18(26)16(9-17-21-23-24-22-17)20-19(27)28-10-15-13-7-3-1-5-11(13)12-6-2-4-8-14(12)15;/h2-16H,1H3;2*1-8,15-16H,9-10H2,(H,20,27)(H,25,26)(H,21,22,23,24);1H4/t;2*16-;/m.00./s1. The van der Waals surface area contributed by atoms with E-state index in [4.69, 9.17) is 9.47 Å². The summed E-state index contributed by atoms with van der Waals surface area (Å²) in [5.74, 6) is -2.24. The van der Waals surface area contributed by atoms with Gasteiger partial charge in [0.25, 0.3) is 0 Å². The van der Waals surface area contributed by atoms with E-state index in [-0.39, 0.29) is 62.4 Å². The largest absolute Gasteiger partial charge is 0.480 e. The highest BCUT2D eigenvalue weighted by atomic mass is 16.6. The van der Waals surface area contributed by atoms with Crippen molar-refractivity contribution in [3.63, 3.8) is 0 Å². The molecule has 2 aromatic heterocycles. The van der Waals surface area contributed by atoms with Gasteiger partial charge >= 0.3 is 24.1 Å². The molecular formula is C59H56N10O8. The van der Waals surface area contributed by atoms with E-state index in [1.807, 2.05) is 97.1 Å². The number of alkyl carbamates (subject to hydrolysis) is 2. The molecule has 2 atom stereocenters. The minimum absolute atomic E-state index is 0. The number of aliphatic carboxylic acids is 2. The molecule has 0 saturated heterocycles. The normalized spacial score (nSPS) is 12.7. The number of benzene rings is 7. The summed E-state index contributed by atoms with van der Waals surface area (Å²) in [6.45, 7) is 2.51. The summed E-state index contributed by atoms with van der Waals surface area (Å²) in [4.78, 5) is 47.2. The van der Waals surface area contributed by atoms with E-state index in [1.165, 1.54) is 16.7 Å². The van der Waals surface area contributed by atoms with Crippen LogP contribution in [0.3, 0.4) is 0 Å². The molecule has 0 aliphatic heterocycles. The number of carbonyl (C=O) groups excluding carboxylic acids is 2. The Morgan fingerprint density at radius 2 is 0.766 bits per heavy atom. The van der Waals surface area contributed by atoms with E-state index in [1.54, 1.807) is 0 Å². The summed E-state index contributed by atoms with van der Waals surface area (Å²) in [5.41, 5.74) is 12.6. The van der Waals surface area contributed by atoms with E-state index in [0.29, 0.717) is 0 Å². The van der Waals surface area contributed by atoms with Crippen molar-refractivity contribution in [3.05, 3.63) is 239 Å². The van der Waals surface area contributed by atoms with Crippen molar-refractivity contribution < 1.29 is 38.9 Å². The molecule has 11 rings (SSSR count). The van der Waals surface area contributed by atoms with Gasteiger partial charge in [0.1, 0.15) is 25.3 Å². The molecule has 390 valence electrons. The lowest BCUT2D eigenvalue weighted by Crippen LogP contribution is -2.43. The second kappa shape index (κ2) is 24.9. The maximum atomic E-state index is 12.2. The minimum atomic E-state index is -1.21. The van der Waals surface area contributed by atoms with Crippen LogP contribution in [-0.2, 0) is 37.3 Å². The Morgan fingerprint density at radius 1 is 0.481 bits per heavy atom. The van der Waals surface area contributed by atoms with Gasteiger partial charge in [-0.15, -0.1) is 20.4 Å². The highest BCUT2D eigenvalue weighted by Gasteiger charge is 2.33. The summed E-state index contributed by atoms with van der Waals surface area (Å²) in [6.07, 6.45) is -1.82. The van der Waals surface area contributed by atoms with Crippen molar-refractivity contribution in [3.8, 4) is 22.3 Å². The predicted octanol–water partition coefficient (Wildman–Crippen LogP) is 9.15. The number of hydrogen-bond acceptors (Lipinski definition) is 12. The number of carboxylic acids is 2. The molecule has 18 nitrogen and oxygen atoms in total. The lowest BCUT2D eigenvalue weighted by molar-refractivity contribution is -0.140. The quantitative estimate of drug-likeness (QED) is 0.0524. The van der Waals surface area contributed by atoms with Gasteiger partial charge in [-0.25, -0.2) is 19.2 Å². The number of rotatable bonds is 15. The maximum Gasteiger partial charge on any atom is 0.407 e. The van der Waals surface area contributed by atoms with Crippen molar-refractivity contribution in [1.82, 2.24) is 51.9 Å². The number of nitrogens with zero attached hydrogens (tertiary/aromatic N) is 6. The van der Waals surface area contributed by atoms with Crippen LogP contribution in [0.25, 0.3) is 22.3 Å². The second-order valence-electron chi connectivity index (χ2n) is 18.0. The zero-order chi connectivity index (χ0) is 52.9. The van der Waals surface area contributed by atoms with E-state index in [0.717, 1.165) is 44.5 Å². The maximum absolute atomic E-state index is 12.2. The van der Waals surface area contributed by atoms with Crippen LogP contribution in [0, 0.1) is 0 Å². The molecule has 2 aliphatic rings. The number of aromatic amines is 2. The first-order valence-electron chi connectivity index (χ1n) is 24.4. The second-order valence-corrected chi connectivity index (χ2v) is 18.0. The van der Waals surface area contributed by atoms with Gasteiger partial charge in [0.15, 0.2) is 11.6 Å². The first-order chi connectivity index (χ1) is 37.1. The molecule has 0 radical (unpaired) electrons. The highest BCUT2D eigenvalue weighted by Crippen LogP contribution is 2.46. The number of carboxylic acid groups (broad SMARTS) is 2. The average Bonchev–Trinajstić information content (AvgIpc) is 4.32. The van der Waals surface area contributed by atoms with E-state index < -0.39 is 36.2 Å². The van der Waals surface area contributed by atoms with Gasteiger partial charge in [0.05, 0.1) is 0 Å². The fraction of sp³-hybridized carbons (Fsp3) is 0.186. The molecule has 0 saturated carbocycles. The van der Waals surface area contributed by atoms with Crippen LogP contribution >= 0.6 is 0 Å². The van der Waals surface area contributed by atoms with Crippen molar-refractivity contribution in [2.24, 2.45) is 0 Å². The number of nitrogens with one attached hydrogen (secondary N) is 4. The average molecular weight is 1030 g/mol. The topological polar surface area (TPSA) is 260 Å². The monoisotopic (exact) mass is 1030 g/mol. The van der Waals surface area contributed by atoms with Gasteiger partial charge < -0.3 is 30.3 Å². The number of H-pyrrole nitrogens is 2. The molecule has 0 unspecified atom stereocenters.